The number of aromatic nitrogens is 2. The average molecular weight is 439 g/mol. The summed E-state index contributed by atoms with van der Waals surface area (Å²) < 4.78 is 6.42. The maximum atomic E-state index is 6.42. The highest BCUT2D eigenvalue weighted by atomic mass is 28.3. The van der Waals surface area contributed by atoms with Crippen molar-refractivity contribution in [2.75, 3.05) is 0 Å². The summed E-state index contributed by atoms with van der Waals surface area (Å²) >= 11 is 0. The number of hydrogen-bond donors (Lipinski definition) is 0. The molecule has 0 aliphatic rings. The Morgan fingerprint density at radius 2 is 1.66 bits per heavy atom. The van der Waals surface area contributed by atoms with Crippen molar-refractivity contribution in [1.29, 1.82) is 0 Å². The largest absolute Gasteiger partial charge is 0.452 e. The minimum Gasteiger partial charge on any atom is -0.452 e. The van der Waals surface area contributed by atoms with Gasteiger partial charge in [0.15, 0.2) is 5.58 Å². The second-order valence-corrected chi connectivity index (χ2v) is 16.1. The highest BCUT2D eigenvalue weighted by molar-refractivity contribution is 6.90. The van der Waals surface area contributed by atoms with Crippen molar-refractivity contribution in [2.45, 2.75) is 46.8 Å². The highest BCUT2D eigenvalue weighted by Crippen LogP contribution is 2.35. The summed E-state index contributed by atoms with van der Waals surface area (Å²) in [5.41, 5.74) is 6.02. The molecule has 0 amide bonds. The second-order valence-electron chi connectivity index (χ2n) is 11.1. The Bertz CT molecular complexity index is 1470. The first-order chi connectivity index (χ1) is 15.1. The van der Waals surface area contributed by atoms with Crippen molar-refractivity contribution in [3.63, 3.8) is 0 Å². The summed E-state index contributed by atoms with van der Waals surface area (Å²) in [5, 5.41) is 5.09. The van der Waals surface area contributed by atoms with Gasteiger partial charge < -0.3 is 4.42 Å². The first-order valence-electron chi connectivity index (χ1n) is 11.3. The monoisotopic (exact) mass is 438 g/mol. The van der Waals surface area contributed by atoms with Gasteiger partial charge in [-0.25, -0.2) is 9.97 Å². The van der Waals surface area contributed by atoms with Crippen molar-refractivity contribution >= 4 is 46.1 Å². The van der Waals surface area contributed by atoms with E-state index in [4.69, 9.17) is 9.40 Å². The van der Waals surface area contributed by atoms with Crippen molar-refractivity contribution in [3.8, 4) is 11.3 Å². The Labute approximate surface area is 190 Å². The molecular formula is C28H30N2OSi. The lowest BCUT2D eigenvalue weighted by atomic mass is 9.88. The molecule has 0 spiro atoms. The Hall–Kier alpha value is -2.98. The van der Waals surface area contributed by atoms with E-state index in [1.165, 1.54) is 21.5 Å². The molecule has 0 saturated carbocycles. The molecule has 4 heteroatoms. The van der Waals surface area contributed by atoms with Gasteiger partial charge in [0.1, 0.15) is 23.1 Å². The summed E-state index contributed by atoms with van der Waals surface area (Å²) in [6.07, 6.45) is 2.67. The predicted molar refractivity (Wildman–Crippen MR) is 138 cm³/mol. The van der Waals surface area contributed by atoms with E-state index in [1.54, 1.807) is 6.33 Å². The molecule has 0 aliphatic carbocycles. The molecule has 0 bridgehead atoms. The summed E-state index contributed by atoms with van der Waals surface area (Å²) in [5.74, 6) is 0. The van der Waals surface area contributed by atoms with E-state index in [2.05, 4.69) is 100.0 Å². The zero-order chi connectivity index (χ0) is 22.7. The van der Waals surface area contributed by atoms with Gasteiger partial charge in [0.2, 0.25) is 0 Å². The van der Waals surface area contributed by atoms with Gasteiger partial charge in [0, 0.05) is 10.9 Å². The Morgan fingerprint density at radius 3 is 2.41 bits per heavy atom. The lowest BCUT2D eigenvalue weighted by Crippen LogP contribution is -2.38. The van der Waals surface area contributed by atoms with Crippen molar-refractivity contribution < 1.29 is 4.42 Å². The van der Waals surface area contributed by atoms with Crippen LogP contribution in [0, 0.1) is 5.41 Å². The average Bonchev–Trinajstić information content (AvgIpc) is 3.08. The van der Waals surface area contributed by atoms with Crippen LogP contribution in [-0.4, -0.2) is 18.0 Å². The van der Waals surface area contributed by atoms with E-state index < -0.39 is 8.07 Å². The Morgan fingerprint density at radius 1 is 0.875 bits per heavy atom. The Balaban J connectivity index is 1.74. The van der Waals surface area contributed by atoms with Crippen LogP contribution in [0.3, 0.4) is 0 Å². The van der Waals surface area contributed by atoms with Crippen molar-refractivity contribution in [3.05, 3.63) is 66.5 Å². The molecule has 3 nitrogen and oxygen atoms in total. The van der Waals surface area contributed by atoms with Crippen molar-refractivity contribution in [1.82, 2.24) is 9.97 Å². The standard InChI is InChI=1S/C28H30N2OSi/c1-28(2,3)16-18-11-12-22-23(13-18)31-27-25(29-17-30-26(22)27)20-14-19-9-7-8-10-21(19)24(15-20)32(4,5)6/h7-15,17H,16H2,1-6H3. The smallest absolute Gasteiger partial charge is 0.180 e. The number of benzene rings is 3. The SMILES string of the molecule is CC(C)(C)Cc1ccc2c(c1)oc1c(-c3cc([Si](C)(C)C)c4ccccc4c3)ncnc12. The Kier molecular flexibility index (Phi) is 4.75. The first kappa shape index (κ1) is 20.9. The molecule has 5 aromatic rings. The second kappa shape index (κ2) is 7.28. The lowest BCUT2D eigenvalue weighted by Gasteiger charge is -2.20. The molecule has 5 rings (SSSR count). The predicted octanol–water partition coefficient (Wildman–Crippen LogP) is 7.33. The molecule has 0 atom stereocenters. The minimum absolute atomic E-state index is 0.225. The molecule has 0 N–H and O–H groups in total. The summed E-state index contributed by atoms with van der Waals surface area (Å²) in [4.78, 5) is 9.29. The number of fused-ring (bicyclic) bond motifs is 4. The van der Waals surface area contributed by atoms with Gasteiger partial charge in [-0.1, -0.05) is 82.0 Å². The molecule has 0 unspecified atom stereocenters. The zero-order valence-electron chi connectivity index (χ0n) is 19.8. The minimum atomic E-state index is -1.57. The third kappa shape index (κ3) is 3.73. The van der Waals surface area contributed by atoms with E-state index >= 15 is 0 Å². The maximum absolute atomic E-state index is 6.42. The molecule has 0 fully saturated rings. The molecule has 0 saturated heterocycles. The third-order valence-electron chi connectivity index (χ3n) is 5.99. The van der Waals surface area contributed by atoms with Gasteiger partial charge >= 0.3 is 0 Å². The molecule has 2 heterocycles. The van der Waals surface area contributed by atoms with Crippen LogP contribution in [0.15, 0.2) is 65.3 Å². The van der Waals surface area contributed by atoms with Crippen LogP contribution >= 0.6 is 0 Å². The normalized spacial score (nSPS) is 12.8. The highest BCUT2D eigenvalue weighted by Gasteiger charge is 2.22. The van der Waals surface area contributed by atoms with E-state index in [0.29, 0.717) is 0 Å². The van der Waals surface area contributed by atoms with Crippen LogP contribution in [-0.2, 0) is 6.42 Å². The molecule has 0 radical (unpaired) electrons. The van der Waals surface area contributed by atoms with Crippen LogP contribution in [0.1, 0.15) is 26.3 Å². The van der Waals surface area contributed by atoms with Crippen LogP contribution in [0.5, 0.6) is 0 Å². The fraction of sp³-hybridized carbons (Fsp3) is 0.286. The van der Waals surface area contributed by atoms with E-state index in [0.717, 1.165) is 39.7 Å². The topological polar surface area (TPSA) is 38.9 Å². The first-order valence-corrected chi connectivity index (χ1v) is 14.8. The molecule has 162 valence electrons. The van der Waals surface area contributed by atoms with E-state index in [-0.39, 0.29) is 5.41 Å². The van der Waals surface area contributed by atoms with Gasteiger partial charge in [-0.2, -0.15) is 0 Å². The number of rotatable bonds is 3. The maximum Gasteiger partial charge on any atom is 0.180 e. The lowest BCUT2D eigenvalue weighted by molar-refractivity contribution is 0.411. The number of nitrogens with zero attached hydrogens (tertiary/aromatic N) is 2. The molecule has 3 aromatic carbocycles. The summed E-state index contributed by atoms with van der Waals surface area (Å²) in [6, 6.07) is 19.7. The zero-order valence-corrected chi connectivity index (χ0v) is 20.8. The van der Waals surface area contributed by atoms with Crippen LogP contribution in [0.4, 0.5) is 0 Å². The number of hydrogen-bond acceptors (Lipinski definition) is 3. The van der Waals surface area contributed by atoms with E-state index in [9.17, 15) is 0 Å². The van der Waals surface area contributed by atoms with Gasteiger partial charge in [-0.15, -0.1) is 0 Å². The molecule has 32 heavy (non-hydrogen) atoms. The number of furan rings is 1. The van der Waals surface area contributed by atoms with Gasteiger partial charge in [-0.3, -0.25) is 0 Å². The van der Waals surface area contributed by atoms with Gasteiger partial charge in [0.25, 0.3) is 0 Å². The quantitative estimate of drug-likeness (QED) is 0.277. The fourth-order valence-corrected chi connectivity index (χ4v) is 6.24. The third-order valence-corrected chi connectivity index (χ3v) is 8.02. The van der Waals surface area contributed by atoms with Crippen LogP contribution in [0.25, 0.3) is 44.1 Å². The molecule has 0 aliphatic heterocycles. The van der Waals surface area contributed by atoms with Gasteiger partial charge in [0.05, 0.1) is 8.07 Å². The molecular weight excluding hydrogens is 408 g/mol. The van der Waals surface area contributed by atoms with E-state index in [1.807, 2.05) is 0 Å². The van der Waals surface area contributed by atoms with Crippen LogP contribution < -0.4 is 5.19 Å². The summed E-state index contributed by atoms with van der Waals surface area (Å²) in [7, 11) is -1.57. The molecule has 2 aromatic heterocycles. The van der Waals surface area contributed by atoms with Crippen LogP contribution in [0.2, 0.25) is 19.6 Å². The van der Waals surface area contributed by atoms with Gasteiger partial charge in [-0.05, 0) is 46.4 Å². The fourth-order valence-electron chi connectivity index (χ4n) is 4.61. The van der Waals surface area contributed by atoms with Crippen molar-refractivity contribution in [2.24, 2.45) is 5.41 Å². The summed E-state index contributed by atoms with van der Waals surface area (Å²) in [6.45, 7) is 14.0.